The summed E-state index contributed by atoms with van der Waals surface area (Å²) in [5.74, 6) is 1.30. The second-order valence-corrected chi connectivity index (χ2v) is 5.85. The molecule has 0 saturated carbocycles. The molecule has 0 aliphatic heterocycles. The molecule has 2 aromatic rings. The molecule has 0 fully saturated rings. The van der Waals surface area contributed by atoms with E-state index < -0.39 is 0 Å². The molecule has 0 radical (unpaired) electrons. The van der Waals surface area contributed by atoms with Crippen molar-refractivity contribution in [2.75, 3.05) is 0 Å². The molecule has 0 aromatic carbocycles. The lowest BCUT2D eigenvalue weighted by Gasteiger charge is -2.20. The molecule has 4 heteroatoms. The maximum absolute atomic E-state index is 5.73. The average Bonchev–Trinajstić information content (AvgIpc) is 2.36. The zero-order chi connectivity index (χ0) is 14.6. The number of nitrogens with zero attached hydrogens (tertiary/aromatic N) is 2. The molecule has 2 aromatic heterocycles. The molecule has 0 aliphatic carbocycles. The lowest BCUT2D eigenvalue weighted by molar-refractivity contribution is 0.421. The Balaban J connectivity index is 2.12. The zero-order valence-corrected chi connectivity index (χ0v) is 12.5. The Morgan fingerprint density at radius 3 is 2.70 bits per heavy atom. The van der Waals surface area contributed by atoms with Gasteiger partial charge in [0.1, 0.15) is 5.75 Å². The van der Waals surface area contributed by atoms with Gasteiger partial charge in [-0.1, -0.05) is 0 Å². The third kappa shape index (κ3) is 4.63. The Morgan fingerprint density at radius 2 is 2.05 bits per heavy atom. The molecule has 4 nitrogen and oxygen atoms in total. The Labute approximate surface area is 120 Å². The van der Waals surface area contributed by atoms with Crippen LogP contribution in [0.3, 0.4) is 0 Å². The van der Waals surface area contributed by atoms with E-state index in [-0.39, 0.29) is 5.54 Å². The van der Waals surface area contributed by atoms with E-state index in [0.717, 1.165) is 17.8 Å². The van der Waals surface area contributed by atoms with Crippen molar-refractivity contribution in [1.82, 2.24) is 15.3 Å². The van der Waals surface area contributed by atoms with E-state index in [9.17, 15) is 0 Å². The summed E-state index contributed by atoms with van der Waals surface area (Å²) in [6, 6.07) is 7.73. The van der Waals surface area contributed by atoms with Crippen LogP contribution in [0.5, 0.6) is 11.6 Å². The van der Waals surface area contributed by atoms with Gasteiger partial charge >= 0.3 is 0 Å². The standard InChI is InChI=1S/C16H21N3O/c1-12-8-13(10-18-16(2,3)4)9-15(19-12)20-14-6-5-7-17-11-14/h5-9,11,18H,10H2,1-4H3. The molecule has 0 saturated heterocycles. The highest BCUT2D eigenvalue weighted by atomic mass is 16.5. The van der Waals surface area contributed by atoms with Gasteiger partial charge in [-0.05, 0) is 51.5 Å². The predicted octanol–water partition coefficient (Wildman–Crippen LogP) is 3.47. The van der Waals surface area contributed by atoms with Crippen molar-refractivity contribution >= 4 is 0 Å². The van der Waals surface area contributed by atoms with Gasteiger partial charge in [0.05, 0.1) is 6.20 Å². The first-order valence-corrected chi connectivity index (χ1v) is 6.73. The van der Waals surface area contributed by atoms with E-state index in [4.69, 9.17) is 4.74 Å². The first kappa shape index (κ1) is 14.5. The number of ether oxygens (including phenoxy) is 1. The van der Waals surface area contributed by atoms with Crippen molar-refractivity contribution in [2.24, 2.45) is 0 Å². The Hall–Kier alpha value is -1.94. The Bertz CT molecular complexity index is 562. The highest BCUT2D eigenvalue weighted by molar-refractivity contribution is 5.29. The maximum Gasteiger partial charge on any atom is 0.219 e. The smallest absolute Gasteiger partial charge is 0.219 e. The second-order valence-electron chi connectivity index (χ2n) is 5.85. The highest BCUT2D eigenvalue weighted by Crippen LogP contribution is 2.20. The number of aromatic nitrogens is 2. The van der Waals surface area contributed by atoms with Crippen LogP contribution in [0.25, 0.3) is 0 Å². The summed E-state index contributed by atoms with van der Waals surface area (Å²) in [6.45, 7) is 9.20. The van der Waals surface area contributed by atoms with Crippen molar-refractivity contribution < 1.29 is 4.74 Å². The van der Waals surface area contributed by atoms with Crippen molar-refractivity contribution in [3.63, 3.8) is 0 Å². The SMILES string of the molecule is Cc1cc(CNC(C)(C)C)cc(Oc2cccnc2)n1. The topological polar surface area (TPSA) is 47.0 Å². The molecular formula is C16H21N3O. The van der Waals surface area contributed by atoms with Gasteiger partial charge in [-0.2, -0.15) is 0 Å². The second kappa shape index (κ2) is 6.01. The van der Waals surface area contributed by atoms with Crippen LogP contribution in [0.1, 0.15) is 32.0 Å². The molecule has 106 valence electrons. The third-order valence-electron chi connectivity index (χ3n) is 2.67. The number of aryl methyl sites for hydroxylation is 1. The lowest BCUT2D eigenvalue weighted by Crippen LogP contribution is -2.35. The summed E-state index contributed by atoms with van der Waals surface area (Å²) in [4.78, 5) is 8.42. The van der Waals surface area contributed by atoms with Gasteiger partial charge in [-0.15, -0.1) is 0 Å². The molecular weight excluding hydrogens is 250 g/mol. The van der Waals surface area contributed by atoms with Gasteiger partial charge in [-0.3, -0.25) is 4.98 Å². The maximum atomic E-state index is 5.73. The monoisotopic (exact) mass is 271 g/mol. The van der Waals surface area contributed by atoms with Gasteiger partial charge < -0.3 is 10.1 Å². The molecule has 0 atom stereocenters. The van der Waals surface area contributed by atoms with Gasteiger partial charge in [0.2, 0.25) is 5.88 Å². The summed E-state index contributed by atoms with van der Waals surface area (Å²) in [5.41, 5.74) is 2.19. The molecule has 0 bridgehead atoms. The van der Waals surface area contributed by atoms with Crippen molar-refractivity contribution in [3.8, 4) is 11.6 Å². The van der Waals surface area contributed by atoms with Gasteiger partial charge in [0.15, 0.2) is 0 Å². The predicted molar refractivity (Wildman–Crippen MR) is 79.9 cm³/mol. The molecule has 0 unspecified atom stereocenters. The van der Waals surface area contributed by atoms with E-state index in [0.29, 0.717) is 11.6 Å². The summed E-state index contributed by atoms with van der Waals surface area (Å²) >= 11 is 0. The van der Waals surface area contributed by atoms with Crippen molar-refractivity contribution in [2.45, 2.75) is 39.8 Å². The van der Waals surface area contributed by atoms with Crippen LogP contribution in [-0.2, 0) is 6.54 Å². The minimum Gasteiger partial charge on any atom is -0.437 e. The van der Waals surface area contributed by atoms with Crippen molar-refractivity contribution in [3.05, 3.63) is 47.9 Å². The molecule has 2 heterocycles. The van der Waals surface area contributed by atoms with Gasteiger partial charge in [-0.25, -0.2) is 4.98 Å². The zero-order valence-electron chi connectivity index (χ0n) is 12.5. The van der Waals surface area contributed by atoms with Gasteiger partial charge in [0.25, 0.3) is 0 Å². The largest absolute Gasteiger partial charge is 0.437 e. The first-order valence-electron chi connectivity index (χ1n) is 6.73. The number of pyridine rings is 2. The van der Waals surface area contributed by atoms with Crippen LogP contribution in [0, 0.1) is 6.92 Å². The summed E-state index contributed by atoms with van der Waals surface area (Å²) in [7, 11) is 0. The quantitative estimate of drug-likeness (QED) is 0.925. The normalized spacial score (nSPS) is 11.4. The van der Waals surface area contributed by atoms with Crippen molar-refractivity contribution in [1.29, 1.82) is 0 Å². The van der Waals surface area contributed by atoms with E-state index >= 15 is 0 Å². The molecule has 0 amide bonds. The first-order chi connectivity index (χ1) is 9.42. The fourth-order valence-electron chi connectivity index (χ4n) is 1.76. The fourth-order valence-corrected chi connectivity index (χ4v) is 1.76. The number of hydrogen-bond donors (Lipinski definition) is 1. The van der Waals surface area contributed by atoms with Crippen LogP contribution >= 0.6 is 0 Å². The average molecular weight is 271 g/mol. The lowest BCUT2D eigenvalue weighted by atomic mass is 10.1. The molecule has 2 rings (SSSR count). The van der Waals surface area contributed by atoms with Crippen LogP contribution in [0.4, 0.5) is 0 Å². The minimum atomic E-state index is 0.0849. The van der Waals surface area contributed by atoms with Crippen LogP contribution in [-0.4, -0.2) is 15.5 Å². The van der Waals surface area contributed by atoms with Crippen LogP contribution in [0.2, 0.25) is 0 Å². The summed E-state index contributed by atoms with van der Waals surface area (Å²) in [6.07, 6.45) is 3.40. The van der Waals surface area contributed by atoms with E-state index in [1.165, 1.54) is 0 Å². The number of rotatable bonds is 4. The Kier molecular flexibility index (Phi) is 4.35. The molecule has 1 N–H and O–H groups in total. The van der Waals surface area contributed by atoms with E-state index in [1.54, 1.807) is 12.4 Å². The summed E-state index contributed by atoms with van der Waals surface area (Å²) < 4.78 is 5.73. The summed E-state index contributed by atoms with van der Waals surface area (Å²) in [5, 5.41) is 3.46. The molecule has 0 aliphatic rings. The number of hydrogen-bond acceptors (Lipinski definition) is 4. The highest BCUT2D eigenvalue weighted by Gasteiger charge is 2.09. The third-order valence-corrected chi connectivity index (χ3v) is 2.67. The van der Waals surface area contributed by atoms with Crippen LogP contribution < -0.4 is 10.1 Å². The van der Waals surface area contributed by atoms with E-state index in [2.05, 4.69) is 42.1 Å². The fraction of sp³-hybridized carbons (Fsp3) is 0.375. The van der Waals surface area contributed by atoms with Crippen LogP contribution in [0.15, 0.2) is 36.7 Å². The molecule has 0 spiro atoms. The van der Waals surface area contributed by atoms with Gasteiger partial charge in [0, 0.05) is 30.0 Å². The minimum absolute atomic E-state index is 0.0849. The van der Waals surface area contributed by atoms with E-state index in [1.807, 2.05) is 25.1 Å². The Morgan fingerprint density at radius 1 is 1.25 bits per heavy atom. The molecule has 20 heavy (non-hydrogen) atoms. The number of nitrogens with one attached hydrogen (secondary N) is 1.